The van der Waals surface area contributed by atoms with E-state index in [4.69, 9.17) is 9.26 Å². The van der Waals surface area contributed by atoms with Crippen molar-refractivity contribution in [3.63, 3.8) is 0 Å². The summed E-state index contributed by atoms with van der Waals surface area (Å²) in [5.41, 5.74) is 0.579. The van der Waals surface area contributed by atoms with Crippen molar-refractivity contribution in [1.29, 1.82) is 0 Å². The first-order valence-electron chi connectivity index (χ1n) is 9.16. The molecule has 2 aromatic heterocycles. The molecule has 8 nitrogen and oxygen atoms in total. The fourth-order valence-electron chi connectivity index (χ4n) is 3.32. The lowest BCUT2D eigenvalue weighted by Crippen LogP contribution is -2.69. The van der Waals surface area contributed by atoms with Crippen LogP contribution >= 0.6 is 24.0 Å². The van der Waals surface area contributed by atoms with Crippen LogP contribution < -0.4 is 10.6 Å². The van der Waals surface area contributed by atoms with Crippen LogP contribution in [0, 0.1) is 5.41 Å². The minimum atomic E-state index is -0.115. The van der Waals surface area contributed by atoms with Gasteiger partial charge >= 0.3 is 0 Å². The van der Waals surface area contributed by atoms with Gasteiger partial charge in [-0.05, 0) is 25.5 Å². The van der Waals surface area contributed by atoms with Gasteiger partial charge in [0.1, 0.15) is 5.69 Å². The topological polar surface area (TPSA) is 97.5 Å². The van der Waals surface area contributed by atoms with Gasteiger partial charge in [-0.25, -0.2) is 0 Å². The number of hydrogen-bond donors (Lipinski definition) is 2. The van der Waals surface area contributed by atoms with Gasteiger partial charge in [-0.3, -0.25) is 9.98 Å². The van der Waals surface area contributed by atoms with Crippen LogP contribution in [0.3, 0.4) is 0 Å². The summed E-state index contributed by atoms with van der Waals surface area (Å²) in [6.07, 6.45) is 3.27. The van der Waals surface area contributed by atoms with Crippen LogP contribution in [0.4, 0.5) is 0 Å². The summed E-state index contributed by atoms with van der Waals surface area (Å²) >= 11 is 0. The number of methoxy groups -OCH3 is 1. The quantitative estimate of drug-likeness (QED) is 0.358. The fraction of sp³-hybridized carbons (Fsp3) is 0.579. The molecule has 1 aliphatic carbocycles. The van der Waals surface area contributed by atoms with Gasteiger partial charge in [-0.1, -0.05) is 25.1 Å². The Balaban J connectivity index is 0.00000280. The van der Waals surface area contributed by atoms with Crippen LogP contribution in [0.2, 0.25) is 0 Å². The largest absolute Gasteiger partial charge is 0.378 e. The van der Waals surface area contributed by atoms with Crippen LogP contribution in [-0.4, -0.2) is 53.4 Å². The lowest BCUT2D eigenvalue weighted by atomic mass is 9.56. The fourth-order valence-corrected chi connectivity index (χ4v) is 3.32. The molecule has 0 amide bonds. The molecule has 0 radical (unpaired) electrons. The van der Waals surface area contributed by atoms with Crippen LogP contribution in [-0.2, 0) is 11.2 Å². The predicted molar refractivity (Wildman–Crippen MR) is 119 cm³/mol. The Morgan fingerprint density at radius 2 is 2.14 bits per heavy atom. The molecule has 1 aliphatic rings. The van der Waals surface area contributed by atoms with Crippen LogP contribution in [0.5, 0.6) is 0 Å². The summed E-state index contributed by atoms with van der Waals surface area (Å²) in [7, 11) is 3.54. The molecule has 9 heteroatoms. The highest BCUT2D eigenvalue weighted by Crippen LogP contribution is 2.51. The first kappa shape index (κ1) is 22.5. The van der Waals surface area contributed by atoms with Gasteiger partial charge in [0, 0.05) is 44.8 Å². The van der Waals surface area contributed by atoms with Crippen molar-refractivity contribution in [1.82, 2.24) is 25.8 Å². The van der Waals surface area contributed by atoms with E-state index >= 15 is 0 Å². The maximum Gasteiger partial charge on any atom is 0.276 e. The molecule has 2 atom stereocenters. The second kappa shape index (κ2) is 9.17. The minimum absolute atomic E-state index is 0. The zero-order valence-electron chi connectivity index (χ0n) is 17.0. The number of pyridine rings is 1. The van der Waals surface area contributed by atoms with E-state index in [0.29, 0.717) is 36.4 Å². The lowest BCUT2D eigenvalue weighted by molar-refractivity contribution is -0.176. The van der Waals surface area contributed by atoms with Gasteiger partial charge in [0.2, 0.25) is 0 Å². The lowest BCUT2D eigenvalue weighted by Gasteiger charge is -2.59. The Hall–Kier alpha value is -1.75. The normalized spacial score (nSPS) is 23.5. The molecule has 2 N–H and O–H groups in total. The first-order valence-corrected chi connectivity index (χ1v) is 9.16. The third-order valence-corrected chi connectivity index (χ3v) is 5.81. The monoisotopic (exact) mass is 500 g/mol. The smallest absolute Gasteiger partial charge is 0.276 e. The summed E-state index contributed by atoms with van der Waals surface area (Å²) in [5.74, 6) is 1.83. The van der Waals surface area contributed by atoms with Gasteiger partial charge in [0.25, 0.3) is 5.89 Å². The van der Waals surface area contributed by atoms with E-state index in [0.717, 1.165) is 12.4 Å². The highest BCUT2D eigenvalue weighted by atomic mass is 127. The molecule has 0 spiro atoms. The van der Waals surface area contributed by atoms with Crippen molar-refractivity contribution in [2.75, 3.05) is 20.7 Å². The molecule has 2 aromatic rings. The Bertz CT molecular complexity index is 795. The molecular weight excluding hydrogens is 471 g/mol. The summed E-state index contributed by atoms with van der Waals surface area (Å²) in [4.78, 5) is 12.9. The van der Waals surface area contributed by atoms with Crippen LogP contribution in [0.25, 0.3) is 11.6 Å². The Morgan fingerprint density at radius 1 is 1.36 bits per heavy atom. The van der Waals surface area contributed by atoms with Crippen molar-refractivity contribution in [3.05, 3.63) is 30.2 Å². The summed E-state index contributed by atoms with van der Waals surface area (Å²) in [6, 6.07) is 5.88. The molecule has 0 aliphatic heterocycles. The van der Waals surface area contributed by atoms with Crippen molar-refractivity contribution < 1.29 is 9.26 Å². The number of guanidine groups is 1. The van der Waals surface area contributed by atoms with E-state index in [1.165, 1.54) is 0 Å². The van der Waals surface area contributed by atoms with Crippen molar-refractivity contribution in [2.45, 2.75) is 45.3 Å². The standard InChI is InChI=1S/C19H28N6O2.HI/c1-18(2)14(12-19(18,3)26-5)23-17(20-4)22-11-9-15-24-16(27-25-15)13-8-6-7-10-21-13;/h6-8,10,14H,9,11-12H2,1-5H3,(H2,20,22,23);1H. The van der Waals surface area contributed by atoms with Gasteiger partial charge < -0.3 is 19.9 Å². The molecule has 0 saturated heterocycles. The zero-order chi connectivity index (χ0) is 19.5. The van der Waals surface area contributed by atoms with Crippen molar-refractivity contribution >= 4 is 29.9 Å². The Kier molecular flexibility index (Phi) is 7.38. The van der Waals surface area contributed by atoms with Crippen molar-refractivity contribution in [2.24, 2.45) is 10.4 Å². The number of hydrogen-bond acceptors (Lipinski definition) is 6. The van der Waals surface area contributed by atoms with Gasteiger partial charge in [-0.2, -0.15) is 4.98 Å². The number of ether oxygens (including phenoxy) is 1. The number of nitrogens with one attached hydrogen (secondary N) is 2. The maximum atomic E-state index is 5.68. The number of rotatable bonds is 6. The average molecular weight is 500 g/mol. The van der Waals surface area contributed by atoms with Gasteiger partial charge in [-0.15, -0.1) is 24.0 Å². The molecule has 0 bridgehead atoms. The molecule has 1 saturated carbocycles. The highest BCUT2D eigenvalue weighted by Gasteiger charge is 2.58. The van der Waals surface area contributed by atoms with Crippen LogP contribution in [0.15, 0.2) is 33.9 Å². The van der Waals surface area contributed by atoms with E-state index < -0.39 is 0 Å². The molecule has 0 aromatic carbocycles. The number of halogens is 1. The SMILES string of the molecule is CN=C(NCCc1noc(-c2ccccn2)n1)NC1CC(C)(OC)C1(C)C.I. The Morgan fingerprint density at radius 3 is 2.75 bits per heavy atom. The molecule has 2 heterocycles. The molecular formula is C19H29IN6O2. The Labute approximate surface area is 183 Å². The van der Waals surface area contributed by atoms with Crippen LogP contribution in [0.1, 0.15) is 33.0 Å². The van der Waals surface area contributed by atoms with Gasteiger partial charge in [0.05, 0.1) is 5.60 Å². The van der Waals surface area contributed by atoms with E-state index in [1.807, 2.05) is 18.2 Å². The molecule has 2 unspecified atom stereocenters. The van der Waals surface area contributed by atoms with E-state index in [9.17, 15) is 0 Å². The molecule has 1 fully saturated rings. The first-order chi connectivity index (χ1) is 12.9. The summed E-state index contributed by atoms with van der Waals surface area (Å²) in [6.45, 7) is 7.22. The second-order valence-corrected chi connectivity index (χ2v) is 7.54. The predicted octanol–water partition coefficient (Wildman–Crippen LogP) is 2.66. The number of aromatic nitrogens is 3. The number of nitrogens with zero attached hydrogens (tertiary/aromatic N) is 4. The second-order valence-electron chi connectivity index (χ2n) is 7.54. The number of aliphatic imine (C=N–C) groups is 1. The zero-order valence-corrected chi connectivity index (χ0v) is 19.4. The molecule has 3 rings (SSSR count). The van der Waals surface area contributed by atoms with Crippen molar-refractivity contribution in [3.8, 4) is 11.6 Å². The van der Waals surface area contributed by atoms with Gasteiger partial charge in [0.15, 0.2) is 11.8 Å². The van der Waals surface area contributed by atoms with E-state index in [1.54, 1.807) is 20.4 Å². The summed E-state index contributed by atoms with van der Waals surface area (Å²) < 4.78 is 11.0. The average Bonchev–Trinajstić information content (AvgIpc) is 3.15. The third kappa shape index (κ3) is 4.45. The maximum absolute atomic E-state index is 5.68. The highest BCUT2D eigenvalue weighted by molar-refractivity contribution is 14.0. The minimum Gasteiger partial charge on any atom is -0.378 e. The summed E-state index contributed by atoms with van der Waals surface area (Å²) in [5, 5.41) is 10.8. The van der Waals surface area contributed by atoms with E-state index in [2.05, 4.69) is 51.5 Å². The third-order valence-electron chi connectivity index (χ3n) is 5.81. The molecule has 28 heavy (non-hydrogen) atoms. The van der Waals surface area contributed by atoms with E-state index in [-0.39, 0.29) is 35.0 Å². The molecule has 154 valence electrons.